The summed E-state index contributed by atoms with van der Waals surface area (Å²) in [4.78, 5) is 15.0. The zero-order valence-corrected chi connectivity index (χ0v) is 12.2. The van der Waals surface area contributed by atoms with Crippen molar-refractivity contribution < 1.29 is 14.6 Å². The summed E-state index contributed by atoms with van der Waals surface area (Å²) in [6.07, 6.45) is 5.11. The highest BCUT2D eigenvalue weighted by Crippen LogP contribution is 2.38. The van der Waals surface area contributed by atoms with E-state index in [1.54, 1.807) is 0 Å². The zero-order chi connectivity index (χ0) is 13.8. The minimum absolute atomic E-state index is 0.0573. The van der Waals surface area contributed by atoms with Crippen LogP contribution in [0, 0.1) is 0 Å². The SMILES string of the molecule is CCOC1CC(n2c(CC)cnc2SCC(=O)O)C1. The average molecular weight is 284 g/mol. The second-order valence-electron chi connectivity index (χ2n) is 4.64. The molecule has 1 fully saturated rings. The maximum atomic E-state index is 10.7. The van der Waals surface area contributed by atoms with Crippen molar-refractivity contribution in [3.63, 3.8) is 0 Å². The molecule has 106 valence electrons. The number of hydrogen-bond donors (Lipinski definition) is 1. The summed E-state index contributed by atoms with van der Waals surface area (Å²) in [7, 11) is 0. The Morgan fingerprint density at radius 2 is 2.32 bits per heavy atom. The highest BCUT2D eigenvalue weighted by molar-refractivity contribution is 7.99. The van der Waals surface area contributed by atoms with Gasteiger partial charge in [-0.05, 0) is 26.2 Å². The third kappa shape index (κ3) is 3.30. The van der Waals surface area contributed by atoms with Crippen molar-refractivity contribution in [2.24, 2.45) is 0 Å². The van der Waals surface area contributed by atoms with Gasteiger partial charge in [-0.3, -0.25) is 4.79 Å². The van der Waals surface area contributed by atoms with E-state index in [0.29, 0.717) is 12.1 Å². The van der Waals surface area contributed by atoms with Crippen molar-refractivity contribution in [3.05, 3.63) is 11.9 Å². The number of imidazole rings is 1. The first kappa shape index (κ1) is 14.4. The number of aliphatic carboxylic acids is 1. The van der Waals surface area contributed by atoms with E-state index < -0.39 is 5.97 Å². The van der Waals surface area contributed by atoms with E-state index in [1.165, 1.54) is 17.5 Å². The fourth-order valence-corrected chi connectivity index (χ4v) is 3.17. The summed E-state index contributed by atoms with van der Waals surface area (Å²) in [6.45, 7) is 4.86. The molecule has 0 unspecified atom stereocenters. The lowest BCUT2D eigenvalue weighted by atomic mass is 9.89. The molecule has 1 aromatic rings. The predicted molar refractivity (Wildman–Crippen MR) is 73.6 cm³/mol. The number of aryl methyl sites for hydroxylation is 1. The lowest BCUT2D eigenvalue weighted by Gasteiger charge is -2.37. The number of nitrogens with zero attached hydrogens (tertiary/aromatic N) is 2. The van der Waals surface area contributed by atoms with Crippen LogP contribution in [-0.2, 0) is 16.0 Å². The van der Waals surface area contributed by atoms with Gasteiger partial charge >= 0.3 is 5.97 Å². The molecule has 1 heterocycles. The first-order valence-corrected chi connectivity index (χ1v) is 7.66. The molecule has 1 aliphatic carbocycles. The van der Waals surface area contributed by atoms with Crippen LogP contribution in [0.4, 0.5) is 0 Å². The molecule has 5 nitrogen and oxygen atoms in total. The van der Waals surface area contributed by atoms with Crippen molar-refractivity contribution in [1.29, 1.82) is 0 Å². The average Bonchev–Trinajstić information content (AvgIpc) is 2.73. The van der Waals surface area contributed by atoms with Gasteiger partial charge in [0.25, 0.3) is 0 Å². The smallest absolute Gasteiger partial charge is 0.313 e. The Morgan fingerprint density at radius 3 is 2.89 bits per heavy atom. The molecule has 0 bridgehead atoms. The molecule has 0 radical (unpaired) electrons. The van der Waals surface area contributed by atoms with Gasteiger partial charge in [0.1, 0.15) is 0 Å². The van der Waals surface area contributed by atoms with Crippen LogP contribution in [0.25, 0.3) is 0 Å². The fourth-order valence-electron chi connectivity index (χ4n) is 2.38. The van der Waals surface area contributed by atoms with Gasteiger partial charge in [0.2, 0.25) is 0 Å². The maximum Gasteiger partial charge on any atom is 0.313 e. The van der Waals surface area contributed by atoms with Crippen LogP contribution in [0.3, 0.4) is 0 Å². The molecule has 19 heavy (non-hydrogen) atoms. The zero-order valence-electron chi connectivity index (χ0n) is 11.3. The summed E-state index contributed by atoms with van der Waals surface area (Å²) in [5, 5.41) is 9.59. The van der Waals surface area contributed by atoms with Gasteiger partial charge in [0.15, 0.2) is 5.16 Å². The number of carbonyl (C=O) groups is 1. The highest BCUT2D eigenvalue weighted by Gasteiger charge is 2.33. The molecule has 6 heteroatoms. The molecule has 0 amide bonds. The Balaban J connectivity index is 2.05. The molecule has 1 N–H and O–H groups in total. The quantitative estimate of drug-likeness (QED) is 0.779. The third-order valence-electron chi connectivity index (χ3n) is 3.36. The number of thioether (sulfide) groups is 1. The van der Waals surface area contributed by atoms with E-state index in [-0.39, 0.29) is 5.75 Å². The minimum atomic E-state index is -0.807. The number of ether oxygens (including phenoxy) is 1. The molecule has 1 aliphatic rings. The summed E-state index contributed by atoms with van der Waals surface area (Å²) < 4.78 is 7.78. The van der Waals surface area contributed by atoms with Crippen LogP contribution in [0.2, 0.25) is 0 Å². The molecule has 0 spiro atoms. The maximum absolute atomic E-state index is 10.7. The second-order valence-corrected chi connectivity index (χ2v) is 5.58. The predicted octanol–water partition coefficient (Wildman–Crippen LogP) is 2.36. The lowest BCUT2D eigenvalue weighted by molar-refractivity contribution is -0.133. The van der Waals surface area contributed by atoms with Crippen molar-refractivity contribution in [1.82, 2.24) is 9.55 Å². The fraction of sp³-hybridized carbons (Fsp3) is 0.692. The topological polar surface area (TPSA) is 64.4 Å². The van der Waals surface area contributed by atoms with Crippen LogP contribution >= 0.6 is 11.8 Å². The number of aromatic nitrogens is 2. The molecule has 0 aliphatic heterocycles. The van der Waals surface area contributed by atoms with Crippen LogP contribution in [0.1, 0.15) is 38.4 Å². The lowest BCUT2D eigenvalue weighted by Crippen LogP contribution is -2.34. The molecular formula is C13H20N2O3S. The molecule has 1 aromatic heterocycles. The highest BCUT2D eigenvalue weighted by atomic mass is 32.2. The number of carboxylic acid groups (broad SMARTS) is 1. The van der Waals surface area contributed by atoms with E-state index in [4.69, 9.17) is 9.84 Å². The Kier molecular flexibility index (Phi) is 4.87. The first-order chi connectivity index (χ1) is 9.15. The number of rotatable bonds is 7. The van der Waals surface area contributed by atoms with E-state index >= 15 is 0 Å². The molecular weight excluding hydrogens is 264 g/mol. The normalized spacial score (nSPS) is 22.2. The van der Waals surface area contributed by atoms with Gasteiger partial charge in [0, 0.05) is 24.5 Å². The molecule has 1 saturated carbocycles. The molecule has 0 saturated heterocycles. The van der Waals surface area contributed by atoms with Gasteiger partial charge in [0.05, 0.1) is 11.9 Å². The van der Waals surface area contributed by atoms with Gasteiger partial charge in [-0.1, -0.05) is 18.7 Å². The molecule has 0 atom stereocenters. The monoisotopic (exact) mass is 284 g/mol. The van der Waals surface area contributed by atoms with Crippen LogP contribution in [0.15, 0.2) is 11.4 Å². The largest absolute Gasteiger partial charge is 0.481 e. The second kappa shape index (κ2) is 6.43. The van der Waals surface area contributed by atoms with Gasteiger partial charge < -0.3 is 14.4 Å². The van der Waals surface area contributed by atoms with Gasteiger partial charge in [-0.15, -0.1) is 0 Å². The first-order valence-electron chi connectivity index (χ1n) is 6.68. The van der Waals surface area contributed by atoms with Gasteiger partial charge in [-0.25, -0.2) is 4.98 Å². The Hall–Kier alpha value is -1.01. The molecule has 2 rings (SSSR count). The van der Waals surface area contributed by atoms with E-state index in [2.05, 4.69) is 16.5 Å². The van der Waals surface area contributed by atoms with E-state index in [1.807, 2.05) is 13.1 Å². The summed E-state index contributed by atoms with van der Waals surface area (Å²) in [6, 6.07) is 0.408. The summed E-state index contributed by atoms with van der Waals surface area (Å²) in [5.74, 6) is -0.750. The molecule has 0 aromatic carbocycles. The third-order valence-corrected chi connectivity index (χ3v) is 4.32. The minimum Gasteiger partial charge on any atom is -0.481 e. The summed E-state index contributed by atoms with van der Waals surface area (Å²) >= 11 is 1.30. The van der Waals surface area contributed by atoms with E-state index in [0.717, 1.165) is 31.0 Å². The Bertz CT molecular complexity index is 441. The van der Waals surface area contributed by atoms with Gasteiger partial charge in [-0.2, -0.15) is 0 Å². The Labute approximate surface area is 117 Å². The van der Waals surface area contributed by atoms with Crippen LogP contribution < -0.4 is 0 Å². The Morgan fingerprint density at radius 1 is 1.58 bits per heavy atom. The number of hydrogen-bond acceptors (Lipinski definition) is 4. The summed E-state index contributed by atoms with van der Waals surface area (Å²) in [5.41, 5.74) is 1.17. The van der Waals surface area contributed by atoms with Crippen LogP contribution in [-0.4, -0.2) is 39.1 Å². The number of carboxylic acids is 1. The van der Waals surface area contributed by atoms with Crippen molar-refractivity contribution in [2.75, 3.05) is 12.4 Å². The van der Waals surface area contributed by atoms with Crippen molar-refractivity contribution in [3.8, 4) is 0 Å². The van der Waals surface area contributed by atoms with Crippen molar-refractivity contribution >= 4 is 17.7 Å². The van der Waals surface area contributed by atoms with E-state index in [9.17, 15) is 4.79 Å². The van der Waals surface area contributed by atoms with Crippen LogP contribution in [0.5, 0.6) is 0 Å². The standard InChI is InChI=1S/C13H20N2O3S/c1-3-9-7-14-13(19-8-12(16)17)15(9)10-5-11(6-10)18-4-2/h7,10-11H,3-6,8H2,1-2H3,(H,16,17). The van der Waals surface area contributed by atoms with Crippen molar-refractivity contribution in [2.45, 2.75) is 50.4 Å².